The molecule has 1 rings (SSSR count). The van der Waals surface area contributed by atoms with E-state index >= 15 is 0 Å². The van der Waals surface area contributed by atoms with Gasteiger partial charge in [0.2, 0.25) is 0 Å². The summed E-state index contributed by atoms with van der Waals surface area (Å²) in [6.45, 7) is 1.47. The van der Waals surface area contributed by atoms with Gasteiger partial charge in [-0.1, -0.05) is 18.2 Å². The molecule has 3 heteroatoms. The van der Waals surface area contributed by atoms with Crippen LogP contribution in [0.2, 0.25) is 0 Å². The fourth-order valence-electron chi connectivity index (χ4n) is 1.06. The number of nitrogens with zero attached hydrogens (tertiary/aromatic N) is 2. The molecular weight excluding hydrogens is 164 g/mol. The third-order valence-corrected chi connectivity index (χ3v) is 1.64. The number of carbonyl (C=O) groups excluding carboxylic acids is 1. The SMILES string of the molecule is CC(=O)CC(=[N+]=[N-])c1ccccc1. The second-order valence-electron chi connectivity index (χ2n) is 2.79. The summed E-state index contributed by atoms with van der Waals surface area (Å²) in [6.07, 6.45) is 0.167. The van der Waals surface area contributed by atoms with Gasteiger partial charge in [-0.15, -0.1) is 0 Å². The maximum absolute atomic E-state index is 10.8. The molecule has 0 heterocycles. The number of hydrogen-bond acceptors (Lipinski definition) is 1. The van der Waals surface area contributed by atoms with Gasteiger partial charge < -0.3 is 5.53 Å². The zero-order valence-corrected chi connectivity index (χ0v) is 7.40. The van der Waals surface area contributed by atoms with Crippen molar-refractivity contribution in [2.24, 2.45) is 0 Å². The summed E-state index contributed by atoms with van der Waals surface area (Å²) in [5.41, 5.74) is 9.85. The van der Waals surface area contributed by atoms with Crippen LogP contribution in [0.4, 0.5) is 0 Å². The lowest BCUT2D eigenvalue weighted by atomic mass is 10.1. The van der Waals surface area contributed by atoms with Crippen molar-refractivity contribution in [3.63, 3.8) is 0 Å². The number of ketones is 1. The Hall–Kier alpha value is -1.73. The predicted octanol–water partition coefficient (Wildman–Crippen LogP) is 1.68. The van der Waals surface area contributed by atoms with Gasteiger partial charge >= 0.3 is 5.71 Å². The minimum Gasteiger partial charge on any atom is -0.361 e. The van der Waals surface area contributed by atoms with E-state index < -0.39 is 0 Å². The van der Waals surface area contributed by atoms with Crippen LogP contribution in [-0.2, 0) is 4.79 Å². The average molecular weight is 174 g/mol. The van der Waals surface area contributed by atoms with Crippen LogP contribution in [0.1, 0.15) is 18.9 Å². The van der Waals surface area contributed by atoms with Crippen molar-refractivity contribution in [2.75, 3.05) is 0 Å². The highest BCUT2D eigenvalue weighted by atomic mass is 16.1. The first-order chi connectivity index (χ1) is 6.24. The maximum Gasteiger partial charge on any atom is 0.306 e. The van der Waals surface area contributed by atoms with Gasteiger partial charge in [-0.25, -0.2) is 0 Å². The molecule has 13 heavy (non-hydrogen) atoms. The molecule has 0 spiro atoms. The lowest BCUT2D eigenvalue weighted by Gasteiger charge is -1.92. The Morgan fingerprint density at radius 3 is 2.46 bits per heavy atom. The third-order valence-electron chi connectivity index (χ3n) is 1.64. The Balaban J connectivity index is 2.93. The van der Waals surface area contributed by atoms with Crippen molar-refractivity contribution in [3.8, 4) is 0 Å². The van der Waals surface area contributed by atoms with Crippen LogP contribution in [0.25, 0.3) is 5.53 Å². The molecule has 0 radical (unpaired) electrons. The Morgan fingerprint density at radius 1 is 1.38 bits per heavy atom. The van der Waals surface area contributed by atoms with E-state index in [1.165, 1.54) is 6.92 Å². The summed E-state index contributed by atoms with van der Waals surface area (Å²) in [5.74, 6) is -0.0170. The van der Waals surface area contributed by atoms with E-state index in [1.807, 2.05) is 18.2 Å². The summed E-state index contributed by atoms with van der Waals surface area (Å²) in [4.78, 5) is 13.9. The van der Waals surface area contributed by atoms with Gasteiger partial charge in [0.1, 0.15) is 12.2 Å². The van der Waals surface area contributed by atoms with Gasteiger partial charge in [-0.2, -0.15) is 4.79 Å². The molecule has 0 N–H and O–H groups in total. The lowest BCUT2D eigenvalue weighted by molar-refractivity contribution is -0.116. The lowest BCUT2D eigenvalue weighted by Crippen LogP contribution is -2.07. The van der Waals surface area contributed by atoms with Crippen molar-refractivity contribution in [1.29, 1.82) is 0 Å². The van der Waals surface area contributed by atoms with Crippen LogP contribution < -0.4 is 0 Å². The molecule has 1 aromatic carbocycles. The van der Waals surface area contributed by atoms with Crippen LogP contribution in [0, 0.1) is 0 Å². The van der Waals surface area contributed by atoms with Gasteiger partial charge in [0.25, 0.3) is 0 Å². The second kappa shape index (κ2) is 4.33. The molecule has 0 aliphatic carbocycles. The molecule has 0 aromatic heterocycles. The van der Waals surface area contributed by atoms with Gasteiger partial charge in [-0.3, -0.25) is 4.79 Å². The van der Waals surface area contributed by atoms with Gasteiger partial charge in [0, 0.05) is 0 Å². The molecule has 66 valence electrons. The van der Waals surface area contributed by atoms with Gasteiger partial charge in [-0.05, 0) is 19.1 Å². The molecule has 0 saturated carbocycles. The van der Waals surface area contributed by atoms with Crippen molar-refractivity contribution < 1.29 is 9.58 Å². The highest BCUT2D eigenvalue weighted by Crippen LogP contribution is 2.02. The summed E-state index contributed by atoms with van der Waals surface area (Å²) in [6, 6.07) is 9.14. The highest BCUT2D eigenvalue weighted by molar-refractivity contribution is 6.07. The van der Waals surface area contributed by atoms with Gasteiger partial charge in [0.05, 0.1) is 5.56 Å². The smallest absolute Gasteiger partial charge is 0.306 e. The van der Waals surface area contributed by atoms with E-state index in [-0.39, 0.29) is 12.2 Å². The molecule has 3 nitrogen and oxygen atoms in total. The van der Waals surface area contributed by atoms with Crippen LogP contribution in [-0.4, -0.2) is 16.3 Å². The Labute approximate surface area is 76.6 Å². The predicted molar refractivity (Wildman–Crippen MR) is 49.5 cm³/mol. The van der Waals surface area contributed by atoms with Crippen LogP contribution in [0.15, 0.2) is 30.3 Å². The van der Waals surface area contributed by atoms with E-state index in [9.17, 15) is 4.79 Å². The minimum absolute atomic E-state index is 0.0170. The molecule has 0 unspecified atom stereocenters. The zero-order chi connectivity index (χ0) is 9.68. The largest absolute Gasteiger partial charge is 0.361 e. The molecule has 0 aliphatic rings. The second-order valence-corrected chi connectivity index (χ2v) is 2.79. The molecule has 0 bridgehead atoms. The van der Waals surface area contributed by atoms with E-state index in [1.54, 1.807) is 12.1 Å². The number of Topliss-reactive ketones (excluding diaryl/α,β-unsaturated/α-hetero) is 1. The highest BCUT2D eigenvalue weighted by Gasteiger charge is 2.13. The zero-order valence-electron chi connectivity index (χ0n) is 7.40. The molecule has 0 amide bonds. The average Bonchev–Trinajstić information content (AvgIpc) is 2.15. The van der Waals surface area contributed by atoms with Crippen LogP contribution >= 0.6 is 0 Å². The van der Waals surface area contributed by atoms with Crippen LogP contribution in [0.5, 0.6) is 0 Å². The Kier molecular flexibility index (Phi) is 3.12. The first-order valence-corrected chi connectivity index (χ1v) is 4.00. The summed E-state index contributed by atoms with van der Waals surface area (Å²) in [7, 11) is 0. The molecule has 1 aromatic rings. The summed E-state index contributed by atoms with van der Waals surface area (Å²) < 4.78 is 0. The molecule has 0 fully saturated rings. The first-order valence-electron chi connectivity index (χ1n) is 4.00. The molecule has 0 atom stereocenters. The quantitative estimate of drug-likeness (QED) is 0.390. The summed E-state index contributed by atoms with van der Waals surface area (Å²) in [5, 5.41) is 0. The van der Waals surface area contributed by atoms with Crippen molar-refractivity contribution in [1.82, 2.24) is 0 Å². The fourth-order valence-corrected chi connectivity index (χ4v) is 1.06. The van der Waals surface area contributed by atoms with Crippen molar-refractivity contribution >= 4 is 11.5 Å². The normalized spacial score (nSPS) is 9.00. The van der Waals surface area contributed by atoms with Gasteiger partial charge in [0.15, 0.2) is 0 Å². The van der Waals surface area contributed by atoms with Crippen molar-refractivity contribution in [2.45, 2.75) is 13.3 Å². The van der Waals surface area contributed by atoms with Crippen molar-refractivity contribution in [3.05, 3.63) is 41.4 Å². The van der Waals surface area contributed by atoms with E-state index in [2.05, 4.69) is 4.79 Å². The molecular formula is C10H10N2O. The van der Waals surface area contributed by atoms with E-state index in [4.69, 9.17) is 5.53 Å². The number of carbonyl (C=O) groups is 1. The topological polar surface area (TPSA) is 53.5 Å². The third kappa shape index (κ3) is 2.65. The molecule has 0 saturated heterocycles. The number of benzene rings is 1. The molecule has 0 aliphatic heterocycles. The van der Waals surface area contributed by atoms with E-state index in [0.717, 1.165) is 5.56 Å². The number of hydrogen-bond donors (Lipinski definition) is 0. The number of rotatable bonds is 3. The Bertz CT molecular complexity index is 350. The fraction of sp³-hybridized carbons (Fsp3) is 0.200. The minimum atomic E-state index is -0.0170. The summed E-state index contributed by atoms with van der Waals surface area (Å²) >= 11 is 0. The maximum atomic E-state index is 10.8. The first kappa shape index (κ1) is 9.36. The monoisotopic (exact) mass is 174 g/mol. The standard InChI is InChI=1S/C10H10N2O/c1-8(13)7-10(12-11)9-5-3-2-4-6-9/h2-6H,7H2,1H3. The van der Waals surface area contributed by atoms with Crippen LogP contribution in [0.3, 0.4) is 0 Å². The Morgan fingerprint density at radius 2 is 2.00 bits per heavy atom. The van der Waals surface area contributed by atoms with E-state index in [0.29, 0.717) is 5.71 Å².